The Morgan fingerprint density at radius 1 is 1.27 bits per heavy atom. The molecule has 2 aliphatic carbocycles. The van der Waals surface area contributed by atoms with Crippen LogP contribution in [0.2, 0.25) is 0 Å². The maximum absolute atomic E-state index is 11.8. The lowest BCUT2D eigenvalue weighted by Crippen LogP contribution is -2.58. The molecule has 2 fully saturated rings. The predicted molar refractivity (Wildman–Crippen MR) is 60.4 cm³/mol. The number of nitrogens with one attached hydrogen (secondary N) is 1. The fourth-order valence-corrected chi connectivity index (χ4v) is 2.81. The van der Waals surface area contributed by atoms with E-state index in [1.54, 1.807) is 0 Å². The highest BCUT2D eigenvalue weighted by Crippen LogP contribution is 2.32. The van der Waals surface area contributed by atoms with Crippen LogP contribution in [0.15, 0.2) is 0 Å². The summed E-state index contributed by atoms with van der Waals surface area (Å²) in [6.07, 6.45) is 9.16. The second-order valence-electron chi connectivity index (χ2n) is 5.24. The summed E-state index contributed by atoms with van der Waals surface area (Å²) >= 11 is 0. The third-order valence-corrected chi connectivity index (χ3v) is 4.05. The summed E-state index contributed by atoms with van der Waals surface area (Å²) in [5, 5.41) is 3.14. The number of carbonyl (C=O) groups is 1. The van der Waals surface area contributed by atoms with Crippen LogP contribution in [0.4, 0.5) is 0 Å². The standard InChI is InChI=1S/C12H22N2O/c13-9-12(6-3-7-12)14-11(15)8-10-4-1-2-5-10/h10H,1-9,13H2,(H,14,15). The molecule has 0 aliphatic heterocycles. The molecule has 3 nitrogen and oxygen atoms in total. The van der Waals surface area contributed by atoms with Crippen molar-refractivity contribution in [2.24, 2.45) is 11.7 Å². The smallest absolute Gasteiger partial charge is 0.220 e. The molecule has 15 heavy (non-hydrogen) atoms. The van der Waals surface area contributed by atoms with Crippen LogP contribution in [0.25, 0.3) is 0 Å². The number of hydrogen-bond acceptors (Lipinski definition) is 2. The third-order valence-electron chi connectivity index (χ3n) is 4.05. The monoisotopic (exact) mass is 210 g/mol. The molecule has 0 spiro atoms. The number of amides is 1. The Hall–Kier alpha value is -0.570. The summed E-state index contributed by atoms with van der Waals surface area (Å²) in [7, 11) is 0. The molecule has 1 amide bonds. The van der Waals surface area contributed by atoms with Crippen molar-refractivity contribution < 1.29 is 4.79 Å². The minimum Gasteiger partial charge on any atom is -0.349 e. The Bertz CT molecular complexity index is 224. The van der Waals surface area contributed by atoms with Crippen molar-refractivity contribution in [3.8, 4) is 0 Å². The zero-order valence-corrected chi connectivity index (χ0v) is 9.43. The Morgan fingerprint density at radius 3 is 2.40 bits per heavy atom. The van der Waals surface area contributed by atoms with Crippen molar-refractivity contribution in [1.82, 2.24) is 5.32 Å². The van der Waals surface area contributed by atoms with E-state index in [2.05, 4.69) is 5.32 Å². The zero-order chi connectivity index (χ0) is 10.7. The Kier molecular flexibility index (Phi) is 3.29. The normalized spacial score (nSPS) is 24.9. The first kappa shape index (κ1) is 10.9. The summed E-state index contributed by atoms with van der Waals surface area (Å²) < 4.78 is 0. The van der Waals surface area contributed by atoms with Crippen LogP contribution in [0, 0.1) is 5.92 Å². The second kappa shape index (κ2) is 4.52. The lowest BCUT2D eigenvalue weighted by atomic mass is 9.76. The van der Waals surface area contributed by atoms with Gasteiger partial charge in [0.05, 0.1) is 5.54 Å². The van der Waals surface area contributed by atoms with Gasteiger partial charge in [0, 0.05) is 13.0 Å². The number of rotatable bonds is 4. The molecule has 0 atom stereocenters. The minimum atomic E-state index is -0.0321. The van der Waals surface area contributed by atoms with Gasteiger partial charge in [0.2, 0.25) is 5.91 Å². The second-order valence-corrected chi connectivity index (χ2v) is 5.24. The van der Waals surface area contributed by atoms with Crippen LogP contribution in [-0.4, -0.2) is 18.0 Å². The van der Waals surface area contributed by atoms with E-state index in [4.69, 9.17) is 5.73 Å². The van der Waals surface area contributed by atoms with E-state index >= 15 is 0 Å². The van der Waals surface area contributed by atoms with Gasteiger partial charge in [0.1, 0.15) is 0 Å². The maximum atomic E-state index is 11.8. The average molecular weight is 210 g/mol. The van der Waals surface area contributed by atoms with Gasteiger partial charge in [-0.25, -0.2) is 0 Å². The van der Waals surface area contributed by atoms with Crippen LogP contribution >= 0.6 is 0 Å². The molecule has 0 aromatic heterocycles. The first-order chi connectivity index (χ1) is 7.24. The third kappa shape index (κ3) is 2.51. The van der Waals surface area contributed by atoms with E-state index in [9.17, 15) is 4.79 Å². The summed E-state index contributed by atoms with van der Waals surface area (Å²) in [6.45, 7) is 0.601. The summed E-state index contributed by atoms with van der Waals surface area (Å²) in [5.41, 5.74) is 5.68. The largest absolute Gasteiger partial charge is 0.349 e. The van der Waals surface area contributed by atoms with Crippen LogP contribution in [0.1, 0.15) is 51.4 Å². The van der Waals surface area contributed by atoms with Gasteiger partial charge in [-0.05, 0) is 38.0 Å². The van der Waals surface area contributed by atoms with Gasteiger partial charge in [0.15, 0.2) is 0 Å². The fourth-order valence-electron chi connectivity index (χ4n) is 2.81. The summed E-state index contributed by atoms with van der Waals surface area (Å²) in [6, 6.07) is 0. The lowest BCUT2D eigenvalue weighted by molar-refractivity contribution is -0.124. The molecule has 0 bridgehead atoms. The topological polar surface area (TPSA) is 55.1 Å². The van der Waals surface area contributed by atoms with Crippen LogP contribution in [-0.2, 0) is 4.79 Å². The van der Waals surface area contributed by atoms with Gasteiger partial charge in [-0.1, -0.05) is 12.8 Å². The highest BCUT2D eigenvalue weighted by atomic mass is 16.1. The van der Waals surface area contributed by atoms with Crippen molar-refractivity contribution in [2.45, 2.75) is 56.9 Å². The van der Waals surface area contributed by atoms with Crippen molar-refractivity contribution in [2.75, 3.05) is 6.54 Å². The van der Waals surface area contributed by atoms with E-state index < -0.39 is 0 Å². The molecule has 2 aliphatic rings. The molecule has 3 N–H and O–H groups in total. The molecule has 2 saturated carbocycles. The van der Waals surface area contributed by atoms with Crippen molar-refractivity contribution in [3.63, 3.8) is 0 Å². The molecule has 2 rings (SSSR count). The Labute approximate surface area is 91.8 Å². The Morgan fingerprint density at radius 2 is 1.93 bits per heavy atom. The van der Waals surface area contributed by atoms with E-state index in [0.717, 1.165) is 19.3 Å². The van der Waals surface area contributed by atoms with Gasteiger partial charge in [0.25, 0.3) is 0 Å². The number of carbonyl (C=O) groups excluding carboxylic acids is 1. The zero-order valence-electron chi connectivity index (χ0n) is 9.43. The minimum absolute atomic E-state index is 0.0321. The van der Waals surface area contributed by atoms with Gasteiger partial charge >= 0.3 is 0 Å². The van der Waals surface area contributed by atoms with Gasteiger partial charge < -0.3 is 11.1 Å². The number of nitrogens with two attached hydrogens (primary N) is 1. The molecule has 0 heterocycles. The van der Waals surface area contributed by atoms with Crippen molar-refractivity contribution in [1.29, 1.82) is 0 Å². The lowest BCUT2D eigenvalue weighted by Gasteiger charge is -2.41. The Balaban J connectivity index is 1.76. The molecule has 0 aromatic rings. The van der Waals surface area contributed by atoms with Crippen molar-refractivity contribution in [3.05, 3.63) is 0 Å². The molecular formula is C12H22N2O. The van der Waals surface area contributed by atoms with E-state index in [-0.39, 0.29) is 11.4 Å². The van der Waals surface area contributed by atoms with Gasteiger partial charge in [-0.3, -0.25) is 4.79 Å². The SMILES string of the molecule is NCC1(NC(=O)CC2CCCC2)CCC1. The van der Waals surface area contributed by atoms with Crippen LogP contribution in [0.3, 0.4) is 0 Å². The summed E-state index contributed by atoms with van der Waals surface area (Å²) in [5.74, 6) is 0.868. The van der Waals surface area contributed by atoms with E-state index in [1.165, 1.54) is 32.1 Å². The van der Waals surface area contributed by atoms with E-state index in [0.29, 0.717) is 12.5 Å². The molecule has 86 valence electrons. The molecule has 0 saturated heterocycles. The first-order valence-electron chi connectivity index (χ1n) is 6.25. The van der Waals surface area contributed by atoms with Crippen LogP contribution < -0.4 is 11.1 Å². The van der Waals surface area contributed by atoms with Gasteiger partial charge in [-0.15, -0.1) is 0 Å². The predicted octanol–water partition coefficient (Wildman–Crippen LogP) is 1.56. The number of hydrogen-bond donors (Lipinski definition) is 2. The highest BCUT2D eigenvalue weighted by Gasteiger charge is 2.37. The highest BCUT2D eigenvalue weighted by molar-refractivity contribution is 5.77. The molecule has 3 heteroatoms. The van der Waals surface area contributed by atoms with E-state index in [1.807, 2.05) is 0 Å². The fraction of sp³-hybridized carbons (Fsp3) is 0.917. The maximum Gasteiger partial charge on any atom is 0.220 e. The summed E-state index contributed by atoms with van der Waals surface area (Å²) in [4.78, 5) is 11.8. The molecule has 0 aromatic carbocycles. The van der Waals surface area contributed by atoms with Crippen molar-refractivity contribution >= 4 is 5.91 Å². The first-order valence-corrected chi connectivity index (χ1v) is 6.25. The average Bonchev–Trinajstić information content (AvgIpc) is 2.64. The quantitative estimate of drug-likeness (QED) is 0.740. The van der Waals surface area contributed by atoms with Crippen LogP contribution in [0.5, 0.6) is 0 Å². The molecular weight excluding hydrogens is 188 g/mol. The van der Waals surface area contributed by atoms with Gasteiger partial charge in [-0.2, -0.15) is 0 Å². The molecule has 0 radical (unpaired) electrons. The molecule has 0 unspecified atom stereocenters.